The van der Waals surface area contributed by atoms with Crippen molar-refractivity contribution in [3.63, 3.8) is 0 Å². The lowest BCUT2D eigenvalue weighted by Gasteiger charge is -2.07. The number of carbonyl (C=O) groups excluding carboxylic acids is 2. The molecule has 0 spiro atoms. The van der Waals surface area contributed by atoms with Crippen molar-refractivity contribution in [2.24, 2.45) is 0 Å². The summed E-state index contributed by atoms with van der Waals surface area (Å²) in [4.78, 5) is 28.0. The van der Waals surface area contributed by atoms with Gasteiger partial charge < -0.3 is 0 Å². The summed E-state index contributed by atoms with van der Waals surface area (Å²) in [5, 5.41) is 0. The molecule has 0 N–H and O–H groups in total. The van der Waals surface area contributed by atoms with E-state index < -0.39 is 0 Å². The molecule has 0 aliphatic carbocycles. The molecule has 0 bridgehead atoms. The highest BCUT2D eigenvalue weighted by atomic mass is 32.1. The molecule has 23 heavy (non-hydrogen) atoms. The average Bonchev–Trinajstić information content (AvgIpc) is 3.10. The standard InChI is InChI=1S/C19H13NO2S/c1-20-18(21)14-15(19(20)22)17(13-10-6-3-7-11-13)23-16(14)12-8-4-2-5-9-12/h2-11H,1H3. The lowest BCUT2D eigenvalue weighted by Crippen LogP contribution is -2.24. The smallest absolute Gasteiger partial charge is 0.262 e. The third-order valence-electron chi connectivity index (χ3n) is 4.02. The van der Waals surface area contributed by atoms with Gasteiger partial charge in [0.05, 0.1) is 11.1 Å². The summed E-state index contributed by atoms with van der Waals surface area (Å²) < 4.78 is 0. The van der Waals surface area contributed by atoms with Crippen LogP contribution in [0.1, 0.15) is 20.7 Å². The second-order valence-electron chi connectivity index (χ2n) is 5.41. The third kappa shape index (κ3) is 2.03. The summed E-state index contributed by atoms with van der Waals surface area (Å²) in [6.07, 6.45) is 0. The Morgan fingerprint density at radius 3 is 1.48 bits per heavy atom. The second kappa shape index (κ2) is 5.18. The zero-order valence-corrected chi connectivity index (χ0v) is 13.3. The van der Waals surface area contributed by atoms with Gasteiger partial charge in [-0.15, -0.1) is 11.3 Å². The third-order valence-corrected chi connectivity index (χ3v) is 5.31. The van der Waals surface area contributed by atoms with Crippen LogP contribution in [0.2, 0.25) is 0 Å². The van der Waals surface area contributed by atoms with Crippen LogP contribution in [0.5, 0.6) is 0 Å². The van der Waals surface area contributed by atoms with E-state index >= 15 is 0 Å². The topological polar surface area (TPSA) is 37.4 Å². The quantitative estimate of drug-likeness (QED) is 0.660. The van der Waals surface area contributed by atoms with Crippen LogP contribution >= 0.6 is 11.3 Å². The van der Waals surface area contributed by atoms with Crippen LogP contribution in [0.15, 0.2) is 60.7 Å². The predicted molar refractivity (Wildman–Crippen MR) is 91.6 cm³/mol. The van der Waals surface area contributed by atoms with Gasteiger partial charge in [0.15, 0.2) is 0 Å². The maximum absolute atomic E-state index is 12.6. The molecule has 3 aromatic rings. The van der Waals surface area contributed by atoms with Crippen molar-refractivity contribution in [2.75, 3.05) is 7.05 Å². The molecule has 4 heteroatoms. The molecule has 3 nitrogen and oxygen atoms in total. The summed E-state index contributed by atoms with van der Waals surface area (Å²) >= 11 is 1.51. The zero-order chi connectivity index (χ0) is 16.0. The van der Waals surface area contributed by atoms with Gasteiger partial charge in [0.1, 0.15) is 0 Å². The predicted octanol–water partition coefficient (Wildman–Crippen LogP) is 4.31. The minimum atomic E-state index is -0.220. The molecular formula is C19H13NO2S. The first-order valence-electron chi connectivity index (χ1n) is 7.28. The molecule has 0 atom stereocenters. The van der Waals surface area contributed by atoms with Crippen LogP contribution in [-0.4, -0.2) is 23.8 Å². The molecule has 1 aliphatic heterocycles. The summed E-state index contributed by atoms with van der Waals surface area (Å²) in [6.45, 7) is 0. The molecule has 0 unspecified atom stereocenters. The largest absolute Gasteiger partial charge is 0.277 e. The van der Waals surface area contributed by atoms with Crippen LogP contribution < -0.4 is 0 Å². The Bertz CT molecular complexity index is 839. The van der Waals surface area contributed by atoms with E-state index in [0.29, 0.717) is 11.1 Å². The van der Waals surface area contributed by atoms with Crippen LogP contribution in [0.25, 0.3) is 20.9 Å². The second-order valence-corrected chi connectivity index (χ2v) is 6.43. The summed E-state index contributed by atoms with van der Waals surface area (Å²) in [5.74, 6) is -0.440. The van der Waals surface area contributed by atoms with Crippen LogP contribution in [0, 0.1) is 0 Å². The number of thiophene rings is 1. The fourth-order valence-corrected chi connectivity index (χ4v) is 4.15. The Morgan fingerprint density at radius 2 is 1.09 bits per heavy atom. The number of benzene rings is 2. The lowest BCUT2D eigenvalue weighted by atomic mass is 10.0. The normalized spacial score (nSPS) is 13.5. The van der Waals surface area contributed by atoms with Crippen molar-refractivity contribution in [3.05, 3.63) is 71.8 Å². The van der Waals surface area contributed by atoms with Crippen molar-refractivity contribution in [1.29, 1.82) is 0 Å². The molecule has 1 aromatic heterocycles. The molecule has 112 valence electrons. The molecule has 0 radical (unpaired) electrons. The molecule has 1 aliphatic rings. The molecule has 2 amide bonds. The Kier molecular flexibility index (Phi) is 3.13. The SMILES string of the molecule is CN1C(=O)c2c(-c3ccccc3)sc(-c3ccccc3)c2C1=O. The molecule has 2 aromatic carbocycles. The van der Waals surface area contributed by atoms with Crippen molar-refractivity contribution < 1.29 is 9.59 Å². The highest BCUT2D eigenvalue weighted by Crippen LogP contribution is 2.45. The van der Waals surface area contributed by atoms with E-state index in [9.17, 15) is 9.59 Å². The Balaban J connectivity index is 2.02. The van der Waals surface area contributed by atoms with Crippen LogP contribution in [0.3, 0.4) is 0 Å². The van der Waals surface area contributed by atoms with Crippen molar-refractivity contribution in [3.8, 4) is 20.9 Å². The van der Waals surface area contributed by atoms with Gasteiger partial charge in [-0.1, -0.05) is 60.7 Å². The van der Waals surface area contributed by atoms with E-state index in [1.54, 1.807) is 7.05 Å². The first kappa shape index (κ1) is 13.9. The molecule has 0 saturated carbocycles. The minimum Gasteiger partial charge on any atom is -0.277 e. The van der Waals surface area contributed by atoms with Gasteiger partial charge in [-0.3, -0.25) is 14.5 Å². The van der Waals surface area contributed by atoms with Gasteiger partial charge in [-0.25, -0.2) is 0 Å². The van der Waals surface area contributed by atoms with Gasteiger partial charge in [-0.05, 0) is 11.1 Å². The van der Waals surface area contributed by atoms with E-state index in [2.05, 4.69) is 0 Å². The fraction of sp³-hybridized carbons (Fsp3) is 0.0526. The lowest BCUT2D eigenvalue weighted by molar-refractivity contribution is 0.0693. The Labute approximate surface area is 137 Å². The zero-order valence-electron chi connectivity index (χ0n) is 12.4. The minimum absolute atomic E-state index is 0.220. The summed E-state index contributed by atoms with van der Waals surface area (Å²) in [6, 6.07) is 19.5. The van der Waals surface area contributed by atoms with Crippen molar-refractivity contribution >= 4 is 23.2 Å². The maximum Gasteiger partial charge on any atom is 0.262 e. The average molecular weight is 319 g/mol. The Hall–Kier alpha value is -2.72. The number of carbonyl (C=O) groups is 2. The Morgan fingerprint density at radius 1 is 0.696 bits per heavy atom. The number of rotatable bonds is 2. The number of fused-ring (bicyclic) bond motifs is 1. The first-order chi connectivity index (χ1) is 11.2. The molecule has 0 saturated heterocycles. The van der Waals surface area contributed by atoms with Gasteiger partial charge >= 0.3 is 0 Å². The van der Waals surface area contributed by atoms with Gasteiger partial charge in [-0.2, -0.15) is 0 Å². The first-order valence-corrected chi connectivity index (χ1v) is 8.10. The van der Waals surface area contributed by atoms with Gasteiger partial charge in [0.25, 0.3) is 11.8 Å². The molecule has 2 heterocycles. The van der Waals surface area contributed by atoms with E-state index in [-0.39, 0.29) is 11.8 Å². The van der Waals surface area contributed by atoms with E-state index in [0.717, 1.165) is 20.9 Å². The van der Waals surface area contributed by atoms with Gasteiger partial charge in [0, 0.05) is 16.8 Å². The highest BCUT2D eigenvalue weighted by molar-refractivity contribution is 7.20. The number of hydrogen-bond donors (Lipinski definition) is 0. The van der Waals surface area contributed by atoms with Crippen LogP contribution in [-0.2, 0) is 0 Å². The molecular weight excluding hydrogens is 306 g/mol. The fourth-order valence-electron chi connectivity index (χ4n) is 2.85. The molecule has 4 rings (SSSR count). The molecule has 0 fully saturated rings. The van der Waals surface area contributed by atoms with Crippen molar-refractivity contribution in [2.45, 2.75) is 0 Å². The monoisotopic (exact) mass is 319 g/mol. The summed E-state index contributed by atoms with van der Waals surface area (Å²) in [5.41, 5.74) is 3.00. The van der Waals surface area contributed by atoms with E-state index in [4.69, 9.17) is 0 Å². The highest BCUT2D eigenvalue weighted by Gasteiger charge is 2.40. The summed E-state index contributed by atoms with van der Waals surface area (Å²) in [7, 11) is 1.54. The number of nitrogens with zero attached hydrogens (tertiary/aromatic N) is 1. The van der Waals surface area contributed by atoms with Crippen LogP contribution in [0.4, 0.5) is 0 Å². The van der Waals surface area contributed by atoms with E-state index in [1.165, 1.54) is 16.2 Å². The maximum atomic E-state index is 12.6. The van der Waals surface area contributed by atoms with Crippen molar-refractivity contribution in [1.82, 2.24) is 4.90 Å². The number of hydrogen-bond acceptors (Lipinski definition) is 3. The van der Waals surface area contributed by atoms with Gasteiger partial charge in [0.2, 0.25) is 0 Å². The van der Waals surface area contributed by atoms with E-state index in [1.807, 2.05) is 60.7 Å². The number of imide groups is 1. The number of amides is 2.